The van der Waals surface area contributed by atoms with Gasteiger partial charge in [0.05, 0.1) is 11.8 Å². The van der Waals surface area contributed by atoms with Crippen molar-refractivity contribution in [3.8, 4) is 0 Å². The summed E-state index contributed by atoms with van der Waals surface area (Å²) in [5.74, 6) is 0. The van der Waals surface area contributed by atoms with E-state index < -0.39 is 0 Å². The van der Waals surface area contributed by atoms with Crippen molar-refractivity contribution in [1.82, 2.24) is 9.78 Å². The second kappa shape index (κ2) is 4.83. The average molecular weight is 220 g/mol. The van der Waals surface area contributed by atoms with Crippen LogP contribution in [-0.2, 0) is 19.9 Å². The summed E-state index contributed by atoms with van der Waals surface area (Å²) in [6.45, 7) is 2.12. The summed E-state index contributed by atoms with van der Waals surface area (Å²) in [6.07, 6.45) is 6.82. The lowest BCUT2D eigenvalue weighted by Gasteiger charge is -2.16. The van der Waals surface area contributed by atoms with Crippen LogP contribution in [0.4, 0.5) is 0 Å². The van der Waals surface area contributed by atoms with Gasteiger partial charge in [0.1, 0.15) is 0 Å². The fourth-order valence-electron chi connectivity index (χ4n) is 2.27. The Morgan fingerprint density at radius 1 is 1.56 bits per heavy atom. The molecule has 1 N–H and O–H groups in total. The van der Waals surface area contributed by atoms with Crippen LogP contribution < -0.4 is 0 Å². The molecule has 3 nitrogen and oxygen atoms in total. The summed E-state index contributed by atoms with van der Waals surface area (Å²) in [7, 11) is 1.99. The molecular weight excluding hydrogens is 200 g/mol. The van der Waals surface area contributed by atoms with Crippen molar-refractivity contribution in [1.29, 1.82) is 0 Å². The molecule has 0 radical (unpaired) electrons. The molecule has 1 aliphatic rings. The highest BCUT2D eigenvalue weighted by molar-refractivity contribution is 5.20. The van der Waals surface area contributed by atoms with E-state index in [0.717, 1.165) is 37.8 Å². The van der Waals surface area contributed by atoms with Crippen LogP contribution in [-0.4, -0.2) is 21.0 Å². The molecule has 1 heterocycles. The number of aliphatic hydroxyl groups is 1. The van der Waals surface area contributed by atoms with Crippen LogP contribution >= 0.6 is 0 Å². The molecule has 0 aromatic carbocycles. The molecule has 0 saturated carbocycles. The topological polar surface area (TPSA) is 38.0 Å². The molecule has 0 spiro atoms. The Morgan fingerprint density at radius 2 is 2.38 bits per heavy atom. The lowest BCUT2D eigenvalue weighted by molar-refractivity contribution is 0.201. The Balaban J connectivity index is 2.11. The smallest absolute Gasteiger partial charge is 0.0723 e. The Morgan fingerprint density at radius 3 is 3.00 bits per heavy atom. The van der Waals surface area contributed by atoms with E-state index >= 15 is 0 Å². The van der Waals surface area contributed by atoms with E-state index in [9.17, 15) is 5.11 Å². The van der Waals surface area contributed by atoms with Crippen molar-refractivity contribution in [2.75, 3.05) is 0 Å². The zero-order valence-electron chi connectivity index (χ0n) is 10.1. The van der Waals surface area contributed by atoms with Gasteiger partial charge in [0, 0.05) is 19.2 Å². The highest BCUT2D eigenvalue weighted by atomic mass is 16.3. The van der Waals surface area contributed by atoms with Crippen LogP contribution in [0.2, 0.25) is 0 Å². The van der Waals surface area contributed by atoms with Crippen molar-refractivity contribution in [3.05, 3.63) is 29.1 Å². The molecule has 0 fully saturated rings. The number of aryl methyl sites for hydroxylation is 2. The highest BCUT2D eigenvalue weighted by Gasteiger charge is 2.13. The number of rotatable bonds is 3. The first kappa shape index (κ1) is 11.4. The van der Waals surface area contributed by atoms with Gasteiger partial charge in [-0.25, -0.2) is 0 Å². The predicted molar refractivity (Wildman–Crippen MR) is 64.2 cm³/mol. The maximum absolute atomic E-state index is 9.58. The molecule has 1 aromatic rings. The van der Waals surface area contributed by atoms with Crippen molar-refractivity contribution in [2.45, 2.75) is 45.1 Å². The monoisotopic (exact) mass is 220 g/mol. The summed E-state index contributed by atoms with van der Waals surface area (Å²) in [4.78, 5) is 0. The van der Waals surface area contributed by atoms with Crippen LogP contribution in [0.5, 0.6) is 0 Å². The van der Waals surface area contributed by atoms with E-state index in [4.69, 9.17) is 0 Å². The lowest BCUT2D eigenvalue weighted by Crippen LogP contribution is -2.11. The molecule has 0 saturated heterocycles. The first-order chi connectivity index (χ1) is 7.69. The molecule has 0 aliphatic heterocycles. The number of aromatic nitrogens is 2. The van der Waals surface area contributed by atoms with E-state index in [1.165, 1.54) is 11.3 Å². The first-order valence-electron chi connectivity index (χ1n) is 6.08. The van der Waals surface area contributed by atoms with Gasteiger partial charge in [-0.3, -0.25) is 4.68 Å². The van der Waals surface area contributed by atoms with Gasteiger partial charge in [0.2, 0.25) is 0 Å². The number of hydrogen-bond acceptors (Lipinski definition) is 2. The molecule has 3 heteroatoms. The van der Waals surface area contributed by atoms with Crippen molar-refractivity contribution in [3.63, 3.8) is 0 Å². The molecule has 1 unspecified atom stereocenters. The Hall–Kier alpha value is -1.09. The minimum atomic E-state index is -0.234. The standard InChI is InChI=1S/C13H20N2O/c1-3-11-9-12(15(2)14-11)7-10-5-4-6-13(16)8-10/h8-9,13,16H,3-7H2,1-2H3. The predicted octanol–water partition coefficient (Wildman–Crippen LogP) is 2.00. The third-order valence-electron chi connectivity index (χ3n) is 3.22. The Kier molecular flexibility index (Phi) is 3.44. The van der Waals surface area contributed by atoms with Gasteiger partial charge in [-0.05, 0) is 31.7 Å². The third-order valence-corrected chi connectivity index (χ3v) is 3.22. The largest absolute Gasteiger partial charge is 0.389 e. The van der Waals surface area contributed by atoms with Gasteiger partial charge in [0.25, 0.3) is 0 Å². The van der Waals surface area contributed by atoms with Crippen LogP contribution in [0, 0.1) is 0 Å². The Labute approximate surface area is 96.8 Å². The maximum Gasteiger partial charge on any atom is 0.0723 e. The minimum absolute atomic E-state index is 0.234. The number of aliphatic hydroxyl groups excluding tert-OH is 1. The van der Waals surface area contributed by atoms with Gasteiger partial charge >= 0.3 is 0 Å². The highest BCUT2D eigenvalue weighted by Crippen LogP contribution is 2.21. The van der Waals surface area contributed by atoms with E-state index in [0.29, 0.717) is 0 Å². The normalized spacial score (nSPS) is 20.9. The number of nitrogens with zero attached hydrogens (tertiary/aromatic N) is 2. The molecule has 1 aromatic heterocycles. The quantitative estimate of drug-likeness (QED) is 0.791. The summed E-state index contributed by atoms with van der Waals surface area (Å²) >= 11 is 0. The van der Waals surface area contributed by atoms with Gasteiger partial charge in [-0.15, -0.1) is 0 Å². The molecule has 0 amide bonds. The lowest BCUT2D eigenvalue weighted by atomic mass is 9.94. The van der Waals surface area contributed by atoms with Gasteiger partial charge in [0.15, 0.2) is 0 Å². The fourth-order valence-corrected chi connectivity index (χ4v) is 2.27. The van der Waals surface area contributed by atoms with Gasteiger partial charge in [-0.2, -0.15) is 5.10 Å². The van der Waals surface area contributed by atoms with Crippen molar-refractivity contribution >= 4 is 0 Å². The summed E-state index contributed by atoms with van der Waals surface area (Å²) in [5.41, 5.74) is 3.75. The first-order valence-corrected chi connectivity index (χ1v) is 6.08. The summed E-state index contributed by atoms with van der Waals surface area (Å²) in [6, 6.07) is 2.17. The molecule has 88 valence electrons. The number of allylic oxidation sites excluding steroid dienone is 1. The van der Waals surface area contributed by atoms with Crippen molar-refractivity contribution in [2.24, 2.45) is 7.05 Å². The van der Waals surface area contributed by atoms with Crippen molar-refractivity contribution < 1.29 is 5.11 Å². The third kappa shape index (κ3) is 2.53. The fraction of sp³-hybridized carbons (Fsp3) is 0.615. The van der Waals surface area contributed by atoms with Crippen LogP contribution in [0.15, 0.2) is 17.7 Å². The zero-order valence-corrected chi connectivity index (χ0v) is 10.1. The molecule has 16 heavy (non-hydrogen) atoms. The average Bonchev–Trinajstić information content (AvgIpc) is 2.60. The molecular formula is C13H20N2O. The van der Waals surface area contributed by atoms with E-state index in [1.54, 1.807) is 0 Å². The van der Waals surface area contributed by atoms with Gasteiger partial charge in [-0.1, -0.05) is 18.6 Å². The molecule has 1 aliphatic carbocycles. The summed E-state index contributed by atoms with van der Waals surface area (Å²) < 4.78 is 1.96. The molecule has 1 atom stereocenters. The van der Waals surface area contributed by atoms with E-state index in [-0.39, 0.29) is 6.10 Å². The Bertz CT molecular complexity index is 393. The SMILES string of the molecule is CCc1cc(CC2=CC(O)CCC2)n(C)n1. The zero-order chi connectivity index (χ0) is 11.5. The second-order valence-electron chi connectivity index (χ2n) is 4.57. The van der Waals surface area contributed by atoms with Crippen LogP contribution in [0.1, 0.15) is 37.6 Å². The van der Waals surface area contributed by atoms with E-state index in [1.807, 2.05) is 17.8 Å². The van der Waals surface area contributed by atoms with E-state index in [2.05, 4.69) is 18.1 Å². The molecule has 2 rings (SSSR count). The number of hydrogen-bond donors (Lipinski definition) is 1. The maximum atomic E-state index is 9.58. The van der Waals surface area contributed by atoms with Gasteiger partial charge < -0.3 is 5.11 Å². The van der Waals surface area contributed by atoms with Crippen LogP contribution in [0.3, 0.4) is 0 Å². The summed E-state index contributed by atoms with van der Waals surface area (Å²) in [5, 5.41) is 14.0. The van der Waals surface area contributed by atoms with Crippen LogP contribution in [0.25, 0.3) is 0 Å². The molecule has 0 bridgehead atoms. The minimum Gasteiger partial charge on any atom is -0.389 e. The second-order valence-corrected chi connectivity index (χ2v) is 4.57.